The quantitative estimate of drug-likeness (QED) is 0.444. The van der Waals surface area contributed by atoms with Crippen LogP contribution < -0.4 is 10.9 Å². The third kappa shape index (κ3) is 4.02. The number of nitrogens with zero attached hydrogens (tertiary/aromatic N) is 2. The molecular formula is C22H18BrN3O2S. The number of rotatable bonds is 5. The van der Waals surface area contributed by atoms with Crippen LogP contribution >= 0.6 is 27.3 Å². The van der Waals surface area contributed by atoms with Crippen LogP contribution in [0.1, 0.15) is 11.8 Å². The number of anilines is 1. The second-order valence-corrected chi connectivity index (χ2v) is 8.53. The van der Waals surface area contributed by atoms with E-state index in [1.54, 1.807) is 12.1 Å². The first-order valence-corrected chi connectivity index (χ1v) is 10.8. The van der Waals surface area contributed by atoms with Gasteiger partial charge in [-0.05, 0) is 36.2 Å². The number of hydrogen-bond acceptors (Lipinski definition) is 4. The standard InChI is InChI=1S/C22H18BrN3O2S/c1-2-17-19(14-8-10-15(23)11-9-14)20-21(29-17)24-13-26(22(20)28)12-18(27)25-16-6-4-3-5-7-16/h3-11,13H,2,12H2,1H3,(H,25,27). The van der Waals surface area contributed by atoms with Gasteiger partial charge in [-0.25, -0.2) is 4.98 Å². The predicted octanol–water partition coefficient (Wildman–Crippen LogP) is 5.09. The molecule has 7 heteroatoms. The molecule has 0 atom stereocenters. The van der Waals surface area contributed by atoms with Gasteiger partial charge in [0.25, 0.3) is 5.56 Å². The maximum atomic E-state index is 13.2. The van der Waals surface area contributed by atoms with Crippen molar-refractivity contribution in [2.24, 2.45) is 0 Å². The van der Waals surface area contributed by atoms with E-state index in [2.05, 4.69) is 33.2 Å². The lowest BCUT2D eigenvalue weighted by Gasteiger charge is -2.08. The molecule has 0 fully saturated rings. The minimum Gasteiger partial charge on any atom is -0.325 e. The lowest BCUT2D eigenvalue weighted by molar-refractivity contribution is -0.116. The molecule has 146 valence electrons. The maximum absolute atomic E-state index is 13.2. The first-order chi connectivity index (χ1) is 14.1. The van der Waals surface area contributed by atoms with Crippen LogP contribution in [-0.4, -0.2) is 15.5 Å². The normalized spacial score (nSPS) is 11.0. The summed E-state index contributed by atoms with van der Waals surface area (Å²) < 4.78 is 2.35. The molecule has 4 rings (SSSR count). The fourth-order valence-corrected chi connectivity index (χ4v) is 4.59. The SMILES string of the molecule is CCc1sc2ncn(CC(=O)Nc3ccccc3)c(=O)c2c1-c1ccc(Br)cc1. The van der Waals surface area contributed by atoms with Crippen molar-refractivity contribution >= 4 is 49.1 Å². The van der Waals surface area contributed by atoms with Gasteiger partial charge in [0.2, 0.25) is 5.91 Å². The molecule has 0 saturated heterocycles. The third-order valence-corrected chi connectivity index (χ3v) is 6.35. The summed E-state index contributed by atoms with van der Waals surface area (Å²) in [7, 11) is 0. The van der Waals surface area contributed by atoms with Gasteiger partial charge >= 0.3 is 0 Å². The van der Waals surface area contributed by atoms with Gasteiger partial charge in [-0.2, -0.15) is 0 Å². The van der Waals surface area contributed by atoms with Crippen LogP contribution in [0.4, 0.5) is 5.69 Å². The Labute approximate surface area is 180 Å². The van der Waals surface area contributed by atoms with Crippen LogP contribution in [0.3, 0.4) is 0 Å². The van der Waals surface area contributed by atoms with Crippen LogP contribution in [0.5, 0.6) is 0 Å². The van der Waals surface area contributed by atoms with E-state index >= 15 is 0 Å². The first kappa shape index (κ1) is 19.5. The van der Waals surface area contributed by atoms with Crippen molar-refractivity contribution in [2.75, 3.05) is 5.32 Å². The Morgan fingerprint density at radius 2 is 1.86 bits per heavy atom. The van der Waals surface area contributed by atoms with Crippen molar-refractivity contribution in [3.05, 3.63) is 80.6 Å². The number of aryl methyl sites for hydroxylation is 1. The van der Waals surface area contributed by atoms with Crippen molar-refractivity contribution in [1.82, 2.24) is 9.55 Å². The summed E-state index contributed by atoms with van der Waals surface area (Å²) in [5.74, 6) is -0.268. The Bertz CT molecular complexity index is 1230. The predicted molar refractivity (Wildman–Crippen MR) is 121 cm³/mol. The lowest BCUT2D eigenvalue weighted by Crippen LogP contribution is -2.27. The highest BCUT2D eigenvalue weighted by Crippen LogP contribution is 2.36. The zero-order valence-corrected chi connectivity index (χ0v) is 18.1. The fourth-order valence-electron chi connectivity index (χ4n) is 3.23. The second kappa shape index (κ2) is 8.31. The highest BCUT2D eigenvalue weighted by atomic mass is 79.9. The number of thiophene rings is 1. The molecule has 0 saturated carbocycles. The Kier molecular flexibility index (Phi) is 5.60. The number of benzene rings is 2. The molecule has 2 heterocycles. The Hall–Kier alpha value is -2.77. The highest BCUT2D eigenvalue weighted by molar-refractivity contribution is 9.10. The average Bonchev–Trinajstić information content (AvgIpc) is 3.11. The zero-order valence-electron chi connectivity index (χ0n) is 15.7. The molecule has 29 heavy (non-hydrogen) atoms. The molecule has 1 amide bonds. The molecule has 2 aromatic carbocycles. The molecular weight excluding hydrogens is 450 g/mol. The van der Waals surface area contributed by atoms with E-state index in [0.717, 1.165) is 26.9 Å². The topological polar surface area (TPSA) is 64.0 Å². The van der Waals surface area contributed by atoms with E-state index in [1.807, 2.05) is 42.5 Å². The van der Waals surface area contributed by atoms with E-state index in [1.165, 1.54) is 22.2 Å². The molecule has 0 aliphatic rings. The van der Waals surface area contributed by atoms with Crippen molar-refractivity contribution in [2.45, 2.75) is 19.9 Å². The maximum Gasteiger partial charge on any atom is 0.263 e. The van der Waals surface area contributed by atoms with Crippen molar-refractivity contribution in [1.29, 1.82) is 0 Å². The van der Waals surface area contributed by atoms with Gasteiger partial charge < -0.3 is 5.32 Å². The Balaban J connectivity index is 1.74. The molecule has 0 spiro atoms. The third-order valence-electron chi connectivity index (χ3n) is 4.58. The van der Waals surface area contributed by atoms with Crippen LogP contribution in [0.15, 0.2) is 70.2 Å². The Morgan fingerprint density at radius 1 is 1.14 bits per heavy atom. The summed E-state index contributed by atoms with van der Waals surface area (Å²) >= 11 is 4.98. The minimum atomic E-state index is -0.268. The number of amides is 1. The summed E-state index contributed by atoms with van der Waals surface area (Å²) in [4.78, 5) is 31.9. The molecule has 4 aromatic rings. The van der Waals surface area contributed by atoms with Gasteiger partial charge in [0.05, 0.1) is 11.7 Å². The number of carbonyl (C=O) groups is 1. The van der Waals surface area contributed by atoms with Crippen LogP contribution in [0.25, 0.3) is 21.3 Å². The van der Waals surface area contributed by atoms with Gasteiger partial charge in [-0.3, -0.25) is 14.2 Å². The van der Waals surface area contributed by atoms with Crippen LogP contribution in [-0.2, 0) is 17.8 Å². The lowest BCUT2D eigenvalue weighted by atomic mass is 10.0. The van der Waals surface area contributed by atoms with Gasteiger partial charge in [0.15, 0.2) is 0 Å². The van der Waals surface area contributed by atoms with Crippen molar-refractivity contribution in [3.63, 3.8) is 0 Å². The van der Waals surface area contributed by atoms with E-state index in [4.69, 9.17) is 0 Å². The molecule has 5 nitrogen and oxygen atoms in total. The largest absolute Gasteiger partial charge is 0.325 e. The number of nitrogens with one attached hydrogen (secondary N) is 1. The number of carbonyl (C=O) groups excluding carboxylic acids is 1. The molecule has 0 bridgehead atoms. The summed E-state index contributed by atoms with van der Waals surface area (Å²) in [6, 6.07) is 17.1. The molecule has 2 aromatic heterocycles. The second-order valence-electron chi connectivity index (χ2n) is 6.53. The van der Waals surface area contributed by atoms with Crippen LogP contribution in [0.2, 0.25) is 0 Å². The minimum absolute atomic E-state index is 0.0895. The van der Waals surface area contributed by atoms with Gasteiger partial charge in [0.1, 0.15) is 11.4 Å². The van der Waals surface area contributed by atoms with E-state index < -0.39 is 0 Å². The van der Waals surface area contributed by atoms with Crippen molar-refractivity contribution in [3.8, 4) is 11.1 Å². The summed E-state index contributed by atoms with van der Waals surface area (Å²) in [5.41, 5.74) is 2.38. The first-order valence-electron chi connectivity index (χ1n) is 9.18. The van der Waals surface area contributed by atoms with Gasteiger partial charge in [0, 0.05) is 20.6 Å². The van der Waals surface area contributed by atoms with Crippen LogP contribution in [0, 0.1) is 0 Å². The van der Waals surface area contributed by atoms with E-state index in [9.17, 15) is 9.59 Å². The van der Waals surface area contributed by atoms with E-state index in [0.29, 0.717) is 15.9 Å². The van der Waals surface area contributed by atoms with Gasteiger partial charge in [-0.1, -0.05) is 53.2 Å². The fraction of sp³-hybridized carbons (Fsp3) is 0.136. The monoisotopic (exact) mass is 467 g/mol. The number of halogens is 1. The average molecular weight is 468 g/mol. The molecule has 0 aliphatic carbocycles. The summed E-state index contributed by atoms with van der Waals surface area (Å²) in [5, 5.41) is 3.38. The van der Waals surface area contributed by atoms with Crippen molar-refractivity contribution < 1.29 is 4.79 Å². The van der Waals surface area contributed by atoms with Gasteiger partial charge in [-0.15, -0.1) is 11.3 Å². The molecule has 0 unspecified atom stereocenters. The smallest absolute Gasteiger partial charge is 0.263 e. The number of fused-ring (bicyclic) bond motifs is 1. The molecule has 0 radical (unpaired) electrons. The number of para-hydroxylation sites is 1. The van der Waals surface area contributed by atoms with E-state index in [-0.39, 0.29) is 18.0 Å². The zero-order chi connectivity index (χ0) is 20.4. The Morgan fingerprint density at radius 3 is 2.55 bits per heavy atom. The highest BCUT2D eigenvalue weighted by Gasteiger charge is 2.19. The molecule has 1 N–H and O–H groups in total. The molecule has 0 aliphatic heterocycles. The number of aromatic nitrogens is 2. The summed E-state index contributed by atoms with van der Waals surface area (Å²) in [6.45, 7) is 1.98. The number of hydrogen-bond donors (Lipinski definition) is 1. The summed E-state index contributed by atoms with van der Waals surface area (Å²) in [6.07, 6.45) is 2.26.